The largest absolute Gasteiger partial charge is 0.315 e. The van der Waals surface area contributed by atoms with Crippen LogP contribution in [0.1, 0.15) is 6.92 Å². The molecule has 0 aliphatic carbocycles. The van der Waals surface area contributed by atoms with E-state index in [9.17, 15) is 4.39 Å². The van der Waals surface area contributed by atoms with E-state index in [0.29, 0.717) is 0 Å². The Morgan fingerprint density at radius 2 is 1.91 bits per heavy atom. The normalized spacial score (nSPS) is 8.18. The molecule has 1 aromatic rings. The Balaban J connectivity index is 2.71. The molecule has 0 aromatic heterocycles. The van der Waals surface area contributed by atoms with Crippen LogP contribution >= 0.6 is 0 Å². The van der Waals surface area contributed by atoms with E-state index in [-0.39, 0.29) is 5.82 Å². The zero-order valence-corrected chi connectivity index (χ0v) is 6.19. The number of nitrogens with one attached hydrogen (secondary N) is 1. The van der Waals surface area contributed by atoms with Crippen LogP contribution in [0.5, 0.6) is 0 Å². The summed E-state index contributed by atoms with van der Waals surface area (Å²) in [5, 5.41) is 2.79. The Labute approximate surface area is 65.2 Å². The van der Waals surface area contributed by atoms with Crippen LogP contribution in [0, 0.1) is 17.8 Å². The highest BCUT2D eigenvalue weighted by Crippen LogP contribution is 2.06. The predicted octanol–water partition coefficient (Wildman–Crippen LogP) is 2.22. The molecule has 0 heterocycles. The van der Waals surface area contributed by atoms with Gasteiger partial charge in [0.05, 0.1) is 0 Å². The van der Waals surface area contributed by atoms with Crippen LogP contribution in [0.3, 0.4) is 0 Å². The third-order valence-electron chi connectivity index (χ3n) is 1.18. The lowest BCUT2D eigenvalue weighted by Crippen LogP contribution is -1.86. The van der Waals surface area contributed by atoms with Crippen molar-refractivity contribution in [2.75, 3.05) is 5.32 Å². The van der Waals surface area contributed by atoms with Crippen molar-refractivity contribution in [3.63, 3.8) is 0 Å². The monoisotopic (exact) mass is 149 g/mol. The van der Waals surface area contributed by atoms with Crippen LogP contribution in [0.4, 0.5) is 10.1 Å². The predicted molar refractivity (Wildman–Crippen MR) is 43.5 cm³/mol. The summed E-state index contributed by atoms with van der Waals surface area (Å²) < 4.78 is 12.3. The van der Waals surface area contributed by atoms with Gasteiger partial charge >= 0.3 is 0 Å². The molecule has 56 valence electrons. The molecule has 0 atom stereocenters. The first-order valence-corrected chi connectivity index (χ1v) is 3.26. The Bertz CT molecular complexity index is 279. The summed E-state index contributed by atoms with van der Waals surface area (Å²) in [5.41, 5.74) is 0.806. The maximum absolute atomic E-state index is 12.3. The third-order valence-corrected chi connectivity index (χ3v) is 1.18. The highest BCUT2D eigenvalue weighted by Gasteiger charge is 1.88. The van der Waals surface area contributed by atoms with Gasteiger partial charge < -0.3 is 5.32 Å². The van der Waals surface area contributed by atoms with Gasteiger partial charge in [-0.25, -0.2) is 4.39 Å². The van der Waals surface area contributed by atoms with Crippen molar-refractivity contribution in [2.45, 2.75) is 6.92 Å². The highest BCUT2D eigenvalue weighted by molar-refractivity contribution is 5.47. The first kappa shape index (κ1) is 7.62. The standard InChI is InChI=1S/C9H8FN/c1-2-7-11-9-5-3-8(10)4-6-9/h3-6,11H,1H3. The summed E-state index contributed by atoms with van der Waals surface area (Å²) >= 11 is 0. The van der Waals surface area contributed by atoms with Crippen molar-refractivity contribution in [1.82, 2.24) is 0 Å². The molecule has 0 saturated heterocycles. The van der Waals surface area contributed by atoms with Crippen molar-refractivity contribution in [3.05, 3.63) is 30.1 Å². The summed E-state index contributed by atoms with van der Waals surface area (Å²) in [6.07, 6.45) is 0. The highest BCUT2D eigenvalue weighted by atomic mass is 19.1. The SMILES string of the molecule is CC#CNc1ccc(F)cc1. The Morgan fingerprint density at radius 3 is 2.45 bits per heavy atom. The van der Waals surface area contributed by atoms with Crippen LogP contribution in [0.25, 0.3) is 0 Å². The number of benzene rings is 1. The summed E-state index contributed by atoms with van der Waals surface area (Å²) in [4.78, 5) is 0. The lowest BCUT2D eigenvalue weighted by molar-refractivity contribution is 0.628. The van der Waals surface area contributed by atoms with Gasteiger partial charge in [0.25, 0.3) is 0 Å². The zero-order chi connectivity index (χ0) is 8.10. The molecule has 0 bridgehead atoms. The Hall–Kier alpha value is -1.49. The minimum atomic E-state index is -0.236. The molecule has 0 spiro atoms. The fourth-order valence-electron chi connectivity index (χ4n) is 0.668. The average Bonchev–Trinajstić information content (AvgIpc) is 2.04. The molecule has 2 heteroatoms. The van der Waals surface area contributed by atoms with E-state index in [0.717, 1.165) is 5.69 Å². The number of halogens is 1. The van der Waals surface area contributed by atoms with Crippen molar-refractivity contribution < 1.29 is 4.39 Å². The molecule has 0 amide bonds. The molecule has 0 radical (unpaired) electrons. The third kappa shape index (κ3) is 2.30. The van der Waals surface area contributed by atoms with E-state index in [4.69, 9.17) is 0 Å². The van der Waals surface area contributed by atoms with Crippen LogP contribution in [-0.4, -0.2) is 0 Å². The molecule has 0 aliphatic rings. The summed E-state index contributed by atoms with van der Waals surface area (Å²) in [6, 6.07) is 8.72. The molecular formula is C9H8FN. The Morgan fingerprint density at radius 1 is 1.27 bits per heavy atom. The van der Waals surface area contributed by atoms with E-state index >= 15 is 0 Å². The summed E-state index contributed by atoms with van der Waals surface area (Å²) in [6.45, 7) is 1.73. The summed E-state index contributed by atoms with van der Waals surface area (Å²) in [5.74, 6) is 2.44. The van der Waals surface area contributed by atoms with E-state index in [2.05, 4.69) is 17.3 Å². The van der Waals surface area contributed by atoms with E-state index < -0.39 is 0 Å². The van der Waals surface area contributed by atoms with Crippen molar-refractivity contribution in [3.8, 4) is 12.0 Å². The van der Waals surface area contributed by atoms with Crippen LogP contribution in [0.15, 0.2) is 24.3 Å². The first-order chi connectivity index (χ1) is 5.33. The van der Waals surface area contributed by atoms with E-state index in [1.807, 2.05) is 0 Å². The second-order valence-corrected chi connectivity index (χ2v) is 2.01. The topological polar surface area (TPSA) is 12.0 Å². The molecule has 0 saturated carbocycles. The van der Waals surface area contributed by atoms with Crippen molar-refractivity contribution >= 4 is 5.69 Å². The summed E-state index contributed by atoms with van der Waals surface area (Å²) in [7, 11) is 0. The van der Waals surface area contributed by atoms with Crippen LogP contribution in [0.2, 0.25) is 0 Å². The van der Waals surface area contributed by atoms with Crippen molar-refractivity contribution in [2.24, 2.45) is 0 Å². The number of hydrogen-bond donors (Lipinski definition) is 1. The van der Waals surface area contributed by atoms with E-state index in [1.54, 1.807) is 19.1 Å². The second-order valence-electron chi connectivity index (χ2n) is 2.01. The molecule has 1 nitrogen and oxygen atoms in total. The zero-order valence-electron chi connectivity index (χ0n) is 6.19. The van der Waals surface area contributed by atoms with Gasteiger partial charge in [0.1, 0.15) is 5.82 Å². The van der Waals surface area contributed by atoms with Crippen molar-refractivity contribution in [1.29, 1.82) is 0 Å². The molecule has 0 aliphatic heterocycles. The maximum atomic E-state index is 12.3. The van der Waals surface area contributed by atoms with Gasteiger partial charge in [-0.15, -0.1) is 0 Å². The minimum absolute atomic E-state index is 0.236. The molecule has 1 aromatic carbocycles. The van der Waals surface area contributed by atoms with Crippen LogP contribution < -0.4 is 5.32 Å². The molecule has 0 unspecified atom stereocenters. The number of rotatable bonds is 1. The molecule has 1 rings (SSSR count). The minimum Gasteiger partial charge on any atom is -0.315 e. The Kier molecular flexibility index (Phi) is 2.51. The molecule has 11 heavy (non-hydrogen) atoms. The van der Waals surface area contributed by atoms with Gasteiger partial charge in [-0.3, -0.25) is 0 Å². The van der Waals surface area contributed by atoms with Gasteiger partial charge in [-0.1, -0.05) is 5.92 Å². The van der Waals surface area contributed by atoms with Crippen LogP contribution in [-0.2, 0) is 0 Å². The molecular weight excluding hydrogens is 141 g/mol. The van der Waals surface area contributed by atoms with Gasteiger partial charge in [0, 0.05) is 11.7 Å². The second kappa shape index (κ2) is 3.62. The molecule has 0 fully saturated rings. The lowest BCUT2D eigenvalue weighted by atomic mass is 10.3. The van der Waals surface area contributed by atoms with E-state index in [1.165, 1.54) is 12.1 Å². The van der Waals surface area contributed by atoms with Gasteiger partial charge in [-0.2, -0.15) is 0 Å². The quantitative estimate of drug-likeness (QED) is 0.477. The fraction of sp³-hybridized carbons (Fsp3) is 0.111. The molecule has 1 N–H and O–H groups in total. The maximum Gasteiger partial charge on any atom is 0.123 e. The first-order valence-electron chi connectivity index (χ1n) is 3.26. The van der Waals surface area contributed by atoms with Gasteiger partial charge in [0.15, 0.2) is 0 Å². The van der Waals surface area contributed by atoms with Gasteiger partial charge in [-0.05, 0) is 31.2 Å². The average molecular weight is 149 g/mol. The lowest BCUT2D eigenvalue weighted by Gasteiger charge is -1.95. The number of hydrogen-bond acceptors (Lipinski definition) is 1. The number of anilines is 1. The smallest absolute Gasteiger partial charge is 0.123 e. The fourth-order valence-corrected chi connectivity index (χ4v) is 0.668. The van der Waals surface area contributed by atoms with Gasteiger partial charge in [0.2, 0.25) is 0 Å².